The summed E-state index contributed by atoms with van der Waals surface area (Å²) in [6, 6.07) is 0. The Bertz CT molecular complexity index is 589. The van der Waals surface area contributed by atoms with E-state index in [1.807, 2.05) is 13.8 Å². The molecule has 6 heteroatoms. The van der Waals surface area contributed by atoms with Crippen LogP contribution in [0.1, 0.15) is 35.7 Å². The lowest BCUT2D eigenvalue weighted by Crippen LogP contribution is -2.28. The van der Waals surface area contributed by atoms with Crippen LogP contribution < -0.4 is 0 Å². The van der Waals surface area contributed by atoms with Gasteiger partial charge in [0.25, 0.3) is 0 Å². The quantitative estimate of drug-likeness (QED) is 0.838. The van der Waals surface area contributed by atoms with Crippen molar-refractivity contribution >= 4 is 17.2 Å². The summed E-state index contributed by atoms with van der Waals surface area (Å²) < 4.78 is 1.71. The fraction of sp³-hybridized carbons (Fsp3) is 0.545. The fourth-order valence-electron chi connectivity index (χ4n) is 2.16. The normalized spacial score (nSPS) is 24.0. The second-order valence-electron chi connectivity index (χ2n) is 4.66. The number of hydrogen-bond donors (Lipinski definition) is 1. The molecular weight excluding hydrogens is 240 g/mol. The second kappa shape index (κ2) is 3.65. The van der Waals surface area contributed by atoms with Crippen molar-refractivity contribution in [2.24, 2.45) is 0 Å². The molecule has 0 spiro atoms. The first-order chi connectivity index (χ1) is 8.08. The Kier molecular flexibility index (Phi) is 2.34. The number of aliphatic hydroxyl groups is 1. The van der Waals surface area contributed by atoms with Gasteiger partial charge in [-0.25, -0.2) is 0 Å². The average molecular weight is 253 g/mol. The maximum absolute atomic E-state index is 9.34. The van der Waals surface area contributed by atoms with E-state index in [2.05, 4.69) is 15.3 Å². The maximum atomic E-state index is 9.34. The molecule has 2 heterocycles. The highest BCUT2D eigenvalue weighted by Crippen LogP contribution is 2.36. The van der Waals surface area contributed by atoms with Gasteiger partial charge in [0.15, 0.2) is 16.6 Å². The predicted molar refractivity (Wildman–Crippen MR) is 63.2 cm³/mol. The summed E-state index contributed by atoms with van der Waals surface area (Å²) in [6.45, 7) is 3.89. The third-order valence-electron chi connectivity index (χ3n) is 3.54. The standard InChI is InChI=1S/C11H13ClN4O/c1-5-6(2)10-13-14-11(7-3-8(17)4-7)16(10)15-9(5)12/h7-8,17H,3-4H2,1-2H3. The summed E-state index contributed by atoms with van der Waals surface area (Å²) >= 11 is 6.08. The Labute approximate surface area is 103 Å². The number of halogens is 1. The first kappa shape index (κ1) is 10.9. The van der Waals surface area contributed by atoms with Crippen molar-refractivity contribution in [3.63, 3.8) is 0 Å². The van der Waals surface area contributed by atoms with Crippen LogP contribution in [0.2, 0.25) is 5.15 Å². The van der Waals surface area contributed by atoms with E-state index in [0.717, 1.165) is 35.4 Å². The first-order valence-electron chi connectivity index (χ1n) is 5.64. The van der Waals surface area contributed by atoms with E-state index in [9.17, 15) is 5.11 Å². The summed E-state index contributed by atoms with van der Waals surface area (Å²) in [5, 5.41) is 22.5. The average Bonchev–Trinajstić information content (AvgIpc) is 2.65. The molecule has 17 heavy (non-hydrogen) atoms. The molecule has 2 aromatic rings. The first-order valence-corrected chi connectivity index (χ1v) is 6.01. The predicted octanol–water partition coefficient (Wildman–Crippen LogP) is 1.63. The van der Waals surface area contributed by atoms with Gasteiger partial charge >= 0.3 is 0 Å². The molecule has 1 aliphatic carbocycles. The van der Waals surface area contributed by atoms with E-state index in [1.54, 1.807) is 4.52 Å². The Balaban J connectivity index is 2.16. The van der Waals surface area contributed by atoms with Crippen LogP contribution in [-0.2, 0) is 0 Å². The zero-order valence-electron chi connectivity index (χ0n) is 9.68. The van der Waals surface area contributed by atoms with E-state index in [1.165, 1.54) is 0 Å². The number of nitrogens with zero attached hydrogens (tertiary/aromatic N) is 4. The number of aliphatic hydroxyl groups excluding tert-OH is 1. The molecule has 1 fully saturated rings. The van der Waals surface area contributed by atoms with Gasteiger partial charge in [-0.15, -0.1) is 10.2 Å². The van der Waals surface area contributed by atoms with Crippen LogP contribution in [0.5, 0.6) is 0 Å². The number of fused-ring (bicyclic) bond motifs is 1. The number of rotatable bonds is 1. The van der Waals surface area contributed by atoms with Crippen molar-refractivity contribution in [1.29, 1.82) is 0 Å². The zero-order chi connectivity index (χ0) is 12.2. The van der Waals surface area contributed by atoms with Gasteiger partial charge in [0, 0.05) is 11.5 Å². The minimum Gasteiger partial charge on any atom is -0.393 e. The summed E-state index contributed by atoms with van der Waals surface area (Å²) in [4.78, 5) is 0. The van der Waals surface area contributed by atoms with Gasteiger partial charge in [0.2, 0.25) is 0 Å². The molecule has 0 unspecified atom stereocenters. The molecular formula is C11H13ClN4O. The van der Waals surface area contributed by atoms with Crippen LogP contribution in [0.4, 0.5) is 0 Å². The van der Waals surface area contributed by atoms with E-state index in [-0.39, 0.29) is 12.0 Å². The van der Waals surface area contributed by atoms with Gasteiger partial charge in [-0.05, 0) is 32.3 Å². The highest BCUT2D eigenvalue weighted by Gasteiger charge is 2.33. The van der Waals surface area contributed by atoms with Gasteiger partial charge in [-0.3, -0.25) is 0 Å². The van der Waals surface area contributed by atoms with Crippen molar-refractivity contribution in [1.82, 2.24) is 19.8 Å². The zero-order valence-corrected chi connectivity index (χ0v) is 10.4. The highest BCUT2D eigenvalue weighted by molar-refractivity contribution is 6.30. The van der Waals surface area contributed by atoms with Crippen LogP contribution in [0, 0.1) is 13.8 Å². The Morgan fingerprint density at radius 2 is 1.94 bits per heavy atom. The van der Waals surface area contributed by atoms with Crippen LogP contribution in [-0.4, -0.2) is 31.0 Å². The molecule has 0 amide bonds. The van der Waals surface area contributed by atoms with Gasteiger partial charge < -0.3 is 5.11 Å². The summed E-state index contributed by atoms with van der Waals surface area (Å²) in [6.07, 6.45) is 1.24. The number of aryl methyl sites for hydroxylation is 1. The Morgan fingerprint density at radius 3 is 2.59 bits per heavy atom. The molecule has 2 aromatic heterocycles. The smallest absolute Gasteiger partial charge is 0.181 e. The van der Waals surface area contributed by atoms with Gasteiger partial charge in [-0.2, -0.15) is 9.61 Å². The number of aromatic nitrogens is 4. The minimum absolute atomic E-state index is 0.214. The monoisotopic (exact) mass is 252 g/mol. The molecule has 1 saturated carbocycles. The van der Waals surface area contributed by atoms with Gasteiger partial charge in [0.05, 0.1) is 6.10 Å². The van der Waals surface area contributed by atoms with Crippen molar-refractivity contribution in [2.45, 2.75) is 38.7 Å². The Morgan fingerprint density at radius 1 is 1.24 bits per heavy atom. The summed E-state index contributed by atoms with van der Waals surface area (Å²) in [5.41, 5.74) is 2.69. The molecule has 1 aliphatic rings. The van der Waals surface area contributed by atoms with E-state index in [4.69, 9.17) is 11.6 Å². The molecule has 0 radical (unpaired) electrons. The van der Waals surface area contributed by atoms with Crippen molar-refractivity contribution < 1.29 is 5.11 Å². The van der Waals surface area contributed by atoms with Gasteiger partial charge in [0.1, 0.15) is 0 Å². The van der Waals surface area contributed by atoms with E-state index < -0.39 is 0 Å². The molecule has 1 N–H and O–H groups in total. The molecule has 5 nitrogen and oxygen atoms in total. The topological polar surface area (TPSA) is 63.3 Å². The molecule has 3 rings (SSSR count). The lowest BCUT2D eigenvalue weighted by molar-refractivity contribution is 0.0709. The molecule has 0 aliphatic heterocycles. The highest BCUT2D eigenvalue weighted by atomic mass is 35.5. The fourth-order valence-corrected chi connectivity index (χ4v) is 2.38. The van der Waals surface area contributed by atoms with Gasteiger partial charge in [-0.1, -0.05) is 11.6 Å². The molecule has 90 valence electrons. The van der Waals surface area contributed by atoms with E-state index >= 15 is 0 Å². The van der Waals surface area contributed by atoms with Crippen LogP contribution in [0.25, 0.3) is 5.65 Å². The lowest BCUT2D eigenvalue weighted by Gasteiger charge is -2.29. The molecule has 0 atom stereocenters. The molecule has 0 bridgehead atoms. The van der Waals surface area contributed by atoms with Crippen LogP contribution >= 0.6 is 11.6 Å². The summed E-state index contributed by atoms with van der Waals surface area (Å²) in [5.74, 6) is 1.04. The molecule has 0 aromatic carbocycles. The maximum Gasteiger partial charge on any atom is 0.181 e. The molecule has 0 saturated heterocycles. The van der Waals surface area contributed by atoms with Crippen molar-refractivity contribution in [3.8, 4) is 0 Å². The summed E-state index contributed by atoms with van der Waals surface area (Å²) in [7, 11) is 0. The minimum atomic E-state index is -0.214. The largest absolute Gasteiger partial charge is 0.393 e. The second-order valence-corrected chi connectivity index (χ2v) is 5.01. The van der Waals surface area contributed by atoms with Crippen molar-refractivity contribution in [2.75, 3.05) is 0 Å². The van der Waals surface area contributed by atoms with Crippen LogP contribution in [0.15, 0.2) is 0 Å². The third kappa shape index (κ3) is 1.53. The van der Waals surface area contributed by atoms with Crippen molar-refractivity contribution in [3.05, 3.63) is 22.1 Å². The number of hydrogen-bond acceptors (Lipinski definition) is 4. The third-order valence-corrected chi connectivity index (χ3v) is 3.90. The SMILES string of the molecule is Cc1c(Cl)nn2c(C3CC(O)C3)nnc2c1C. The van der Waals surface area contributed by atoms with Crippen LogP contribution in [0.3, 0.4) is 0 Å². The van der Waals surface area contributed by atoms with E-state index in [0.29, 0.717) is 5.15 Å². The lowest BCUT2D eigenvalue weighted by atomic mass is 9.82. The Hall–Kier alpha value is -1.20.